The molecule has 0 bridgehead atoms. The van der Waals surface area contributed by atoms with Crippen LogP contribution in [0.5, 0.6) is 0 Å². The summed E-state index contributed by atoms with van der Waals surface area (Å²) >= 11 is 1.54. The Labute approximate surface area is 93.0 Å². The smallest absolute Gasteiger partial charge is 0.206 e. The Hall–Kier alpha value is -0.720. The molecule has 0 aliphatic heterocycles. The highest BCUT2D eigenvalue weighted by Gasteiger charge is 2.39. The van der Waals surface area contributed by atoms with Crippen LogP contribution in [-0.4, -0.2) is 35.0 Å². The van der Waals surface area contributed by atoms with E-state index in [4.69, 9.17) is 10.5 Å². The van der Waals surface area contributed by atoms with Gasteiger partial charge in [0.05, 0.1) is 12.1 Å². The number of nitrogens with zero attached hydrogens (tertiary/aromatic N) is 2. The van der Waals surface area contributed by atoms with Crippen molar-refractivity contribution in [2.24, 2.45) is 5.73 Å². The molecule has 1 aliphatic carbocycles. The van der Waals surface area contributed by atoms with Gasteiger partial charge in [-0.15, -0.1) is 10.2 Å². The Kier molecular flexibility index (Phi) is 3.18. The highest BCUT2D eigenvalue weighted by atomic mass is 32.1. The molecule has 0 radical (unpaired) electrons. The Balaban J connectivity index is 1.93. The van der Waals surface area contributed by atoms with Gasteiger partial charge >= 0.3 is 0 Å². The zero-order valence-corrected chi connectivity index (χ0v) is 9.75. The third-order valence-corrected chi connectivity index (χ3v) is 3.33. The van der Waals surface area contributed by atoms with Crippen LogP contribution in [0.25, 0.3) is 0 Å². The van der Waals surface area contributed by atoms with Crippen LogP contribution in [0.2, 0.25) is 0 Å². The van der Waals surface area contributed by atoms with E-state index in [-0.39, 0.29) is 18.2 Å². The molecule has 1 heterocycles. The first-order valence-corrected chi connectivity index (χ1v) is 5.96. The predicted octanol–water partition coefficient (Wildman–Crippen LogP) is 0.763. The number of ether oxygens (including phenoxy) is 1. The van der Waals surface area contributed by atoms with Gasteiger partial charge in [-0.2, -0.15) is 0 Å². The van der Waals surface area contributed by atoms with Gasteiger partial charge in [0.25, 0.3) is 0 Å². The highest BCUT2D eigenvalue weighted by molar-refractivity contribution is 7.15. The third-order valence-electron chi connectivity index (χ3n) is 2.56. The van der Waals surface area contributed by atoms with Crippen molar-refractivity contribution in [2.75, 3.05) is 11.9 Å². The summed E-state index contributed by atoms with van der Waals surface area (Å²) in [7, 11) is 0. The molecule has 1 aromatic heterocycles. The van der Waals surface area contributed by atoms with Crippen LogP contribution in [0.15, 0.2) is 0 Å². The van der Waals surface area contributed by atoms with E-state index in [1.165, 1.54) is 0 Å². The Bertz CT molecular complexity index is 328. The average Bonchev–Trinajstić information content (AvgIpc) is 2.61. The van der Waals surface area contributed by atoms with Gasteiger partial charge in [-0.25, -0.2) is 0 Å². The largest absolute Gasteiger partial charge is 0.376 e. The molecule has 0 saturated heterocycles. The van der Waals surface area contributed by atoms with Gasteiger partial charge in [0.2, 0.25) is 5.13 Å². The molecule has 3 N–H and O–H groups in total. The van der Waals surface area contributed by atoms with E-state index in [2.05, 4.69) is 15.5 Å². The molecule has 0 spiro atoms. The minimum atomic E-state index is 0.158. The molecule has 1 aliphatic rings. The summed E-state index contributed by atoms with van der Waals surface area (Å²) in [4.78, 5) is 0. The second-order valence-corrected chi connectivity index (χ2v) is 4.87. The van der Waals surface area contributed by atoms with E-state index >= 15 is 0 Å². The van der Waals surface area contributed by atoms with Gasteiger partial charge in [0.1, 0.15) is 5.01 Å². The zero-order valence-electron chi connectivity index (χ0n) is 8.93. The van der Waals surface area contributed by atoms with Gasteiger partial charge in [-0.1, -0.05) is 11.3 Å². The Morgan fingerprint density at radius 2 is 2.40 bits per heavy atom. The molecule has 3 atom stereocenters. The monoisotopic (exact) mass is 228 g/mol. The Morgan fingerprint density at radius 1 is 1.60 bits per heavy atom. The third kappa shape index (κ3) is 2.27. The van der Waals surface area contributed by atoms with Crippen molar-refractivity contribution in [3.63, 3.8) is 0 Å². The molecule has 15 heavy (non-hydrogen) atoms. The van der Waals surface area contributed by atoms with Gasteiger partial charge in [0, 0.05) is 12.6 Å². The fourth-order valence-electron chi connectivity index (χ4n) is 1.72. The minimum Gasteiger partial charge on any atom is -0.376 e. The van der Waals surface area contributed by atoms with Crippen molar-refractivity contribution in [1.82, 2.24) is 10.2 Å². The van der Waals surface area contributed by atoms with Crippen LogP contribution in [0.3, 0.4) is 0 Å². The van der Waals surface area contributed by atoms with Crippen LogP contribution in [0.4, 0.5) is 5.13 Å². The number of anilines is 1. The van der Waals surface area contributed by atoms with Crippen molar-refractivity contribution in [3.8, 4) is 0 Å². The lowest BCUT2D eigenvalue weighted by Crippen LogP contribution is -2.60. The molecule has 5 nitrogen and oxygen atoms in total. The summed E-state index contributed by atoms with van der Waals surface area (Å²) in [5.41, 5.74) is 5.91. The lowest BCUT2D eigenvalue weighted by molar-refractivity contribution is -0.0126. The second-order valence-electron chi connectivity index (χ2n) is 3.69. The molecule has 1 saturated carbocycles. The first-order chi connectivity index (χ1) is 7.20. The lowest BCUT2D eigenvalue weighted by atomic mass is 9.83. The first kappa shape index (κ1) is 10.8. The molecular formula is C9H16N4OS. The highest BCUT2D eigenvalue weighted by Crippen LogP contribution is 2.27. The van der Waals surface area contributed by atoms with Crippen LogP contribution in [0.1, 0.15) is 18.4 Å². The maximum atomic E-state index is 5.91. The first-order valence-electron chi connectivity index (χ1n) is 5.14. The average molecular weight is 228 g/mol. The summed E-state index contributed by atoms with van der Waals surface area (Å²) in [5, 5.41) is 13.0. The van der Waals surface area contributed by atoms with Crippen molar-refractivity contribution < 1.29 is 4.74 Å². The molecule has 84 valence electrons. The molecule has 3 unspecified atom stereocenters. The number of nitrogens with one attached hydrogen (secondary N) is 1. The van der Waals surface area contributed by atoms with Gasteiger partial charge in [-0.3, -0.25) is 0 Å². The fraction of sp³-hybridized carbons (Fsp3) is 0.778. The fourth-order valence-corrected chi connectivity index (χ4v) is 2.36. The number of aromatic nitrogens is 2. The van der Waals surface area contributed by atoms with Crippen LogP contribution >= 0.6 is 11.3 Å². The maximum absolute atomic E-state index is 5.91. The lowest BCUT2D eigenvalue weighted by Gasteiger charge is -2.42. The summed E-state index contributed by atoms with van der Waals surface area (Å²) < 4.78 is 5.55. The number of rotatable bonds is 4. The van der Waals surface area contributed by atoms with Gasteiger partial charge < -0.3 is 15.8 Å². The quantitative estimate of drug-likeness (QED) is 0.796. The number of aryl methyl sites for hydroxylation is 1. The maximum Gasteiger partial charge on any atom is 0.206 e. The number of hydrogen-bond acceptors (Lipinski definition) is 6. The van der Waals surface area contributed by atoms with Crippen molar-refractivity contribution in [2.45, 2.75) is 38.5 Å². The predicted molar refractivity (Wildman–Crippen MR) is 60.1 cm³/mol. The zero-order chi connectivity index (χ0) is 10.8. The molecule has 0 aromatic carbocycles. The SMILES string of the molecule is CCOC1CC(N)C1Nc1nnc(C)s1. The van der Waals surface area contributed by atoms with E-state index in [1.54, 1.807) is 11.3 Å². The molecule has 0 amide bonds. The molecule has 1 aromatic rings. The van der Waals surface area contributed by atoms with Crippen molar-refractivity contribution in [1.29, 1.82) is 0 Å². The van der Waals surface area contributed by atoms with Crippen LogP contribution in [-0.2, 0) is 4.74 Å². The number of nitrogens with two attached hydrogens (primary N) is 1. The molecular weight excluding hydrogens is 212 g/mol. The summed E-state index contributed by atoms with van der Waals surface area (Å²) in [6.07, 6.45) is 1.14. The van der Waals surface area contributed by atoms with Crippen molar-refractivity contribution in [3.05, 3.63) is 5.01 Å². The van der Waals surface area contributed by atoms with E-state index in [9.17, 15) is 0 Å². The summed E-state index contributed by atoms with van der Waals surface area (Å²) in [5.74, 6) is 0. The molecule has 6 heteroatoms. The van der Waals surface area contributed by atoms with Crippen molar-refractivity contribution >= 4 is 16.5 Å². The van der Waals surface area contributed by atoms with E-state index in [0.717, 1.165) is 23.2 Å². The van der Waals surface area contributed by atoms with Crippen LogP contribution < -0.4 is 11.1 Å². The van der Waals surface area contributed by atoms with Gasteiger partial charge in [-0.05, 0) is 20.3 Å². The van der Waals surface area contributed by atoms with E-state index in [0.29, 0.717) is 0 Å². The van der Waals surface area contributed by atoms with Gasteiger partial charge in [0.15, 0.2) is 0 Å². The normalized spacial score (nSPS) is 29.9. The Morgan fingerprint density at radius 3 is 2.93 bits per heavy atom. The topological polar surface area (TPSA) is 73.1 Å². The summed E-state index contributed by atoms with van der Waals surface area (Å²) in [6, 6.07) is 0.336. The second kappa shape index (κ2) is 4.42. The van der Waals surface area contributed by atoms with E-state index < -0.39 is 0 Å². The number of hydrogen-bond donors (Lipinski definition) is 2. The standard InChI is InChI=1S/C9H16N4OS/c1-3-14-7-4-6(10)8(7)11-9-13-12-5(2)15-9/h6-8H,3-4,10H2,1-2H3,(H,11,13). The van der Waals surface area contributed by atoms with E-state index in [1.807, 2.05) is 13.8 Å². The molecule has 2 rings (SSSR count). The van der Waals surface area contributed by atoms with Crippen LogP contribution in [0, 0.1) is 6.92 Å². The molecule has 1 fully saturated rings. The minimum absolute atomic E-state index is 0.158. The summed E-state index contributed by atoms with van der Waals surface area (Å²) in [6.45, 7) is 4.66.